The van der Waals surface area contributed by atoms with Crippen molar-refractivity contribution in [1.29, 1.82) is 0 Å². The van der Waals surface area contributed by atoms with E-state index in [0.717, 1.165) is 19.0 Å². The smallest absolute Gasteiger partial charge is 0.239 e. The molecule has 1 N–H and O–H groups in total. The number of hydrogen-bond acceptors (Lipinski definition) is 3. The van der Waals surface area contributed by atoms with Crippen molar-refractivity contribution in [2.45, 2.75) is 19.8 Å². The van der Waals surface area contributed by atoms with Crippen LogP contribution in [0.3, 0.4) is 0 Å². The van der Waals surface area contributed by atoms with Crippen LogP contribution in [0.5, 0.6) is 0 Å². The van der Waals surface area contributed by atoms with E-state index in [2.05, 4.69) is 17.1 Å². The number of piperidine rings is 1. The summed E-state index contributed by atoms with van der Waals surface area (Å²) < 4.78 is 0. The highest BCUT2D eigenvalue weighted by Gasteiger charge is 2.24. The molecule has 0 bridgehead atoms. The maximum atomic E-state index is 12.0. The zero-order valence-corrected chi connectivity index (χ0v) is 10.4. The molecule has 5 heteroatoms. The number of amides is 2. The Morgan fingerprint density at radius 2 is 2.06 bits per heavy atom. The number of hydrogen-bond donors (Lipinski definition) is 1. The van der Waals surface area contributed by atoms with E-state index in [4.69, 9.17) is 0 Å². The Hall–Kier alpha value is -1.10. The Morgan fingerprint density at radius 3 is 2.71 bits per heavy atom. The third-order valence-electron chi connectivity index (χ3n) is 3.63. The molecule has 2 rings (SSSR count). The molecule has 0 aromatic rings. The summed E-state index contributed by atoms with van der Waals surface area (Å²) >= 11 is 0. The predicted octanol–water partition coefficient (Wildman–Crippen LogP) is -0.323. The fourth-order valence-electron chi connectivity index (χ4n) is 2.36. The van der Waals surface area contributed by atoms with Gasteiger partial charge in [-0.25, -0.2) is 0 Å². The summed E-state index contributed by atoms with van der Waals surface area (Å²) in [5.41, 5.74) is 0. The Balaban J connectivity index is 1.78. The fraction of sp³-hybridized carbons (Fsp3) is 0.833. The van der Waals surface area contributed by atoms with Crippen LogP contribution in [0.4, 0.5) is 0 Å². The lowest BCUT2D eigenvalue weighted by Crippen LogP contribution is -2.52. The van der Waals surface area contributed by atoms with E-state index < -0.39 is 0 Å². The molecule has 0 spiro atoms. The first kappa shape index (κ1) is 12.4. The van der Waals surface area contributed by atoms with Crippen LogP contribution in [0.1, 0.15) is 19.8 Å². The highest BCUT2D eigenvalue weighted by Crippen LogP contribution is 2.15. The van der Waals surface area contributed by atoms with Gasteiger partial charge in [0.2, 0.25) is 11.8 Å². The maximum absolute atomic E-state index is 12.0. The Morgan fingerprint density at radius 1 is 1.35 bits per heavy atom. The van der Waals surface area contributed by atoms with Gasteiger partial charge < -0.3 is 10.2 Å². The second-order valence-electron chi connectivity index (χ2n) is 5.12. The largest absolute Gasteiger partial charge is 0.353 e. The maximum Gasteiger partial charge on any atom is 0.239 e. The summed E-state index contributed by atoms with van der Waals surface area (Å²) in [6.45, 7) is 6.20. The van der Waals surface area contributed by atoms with Crippen molar-refractivity contribution < 1.29 is 9.59 Å². The van der Waals surface area contributed by atoms with Gasteiger partial charge in [-0.3, -0.25) is 14.5 Å². The fourth-order valence-corrected chi connectivity index (χ4v) is 2.36. The molecule has 2 saturated heterocycles. The molecule has 2 aliphatic rings. The first-order valence-electron chi connectivity index (χ1n) is 6.42. The van der Waals surface area contributed by atoms with E-state index in [0.29, 0.717) is 19.6 Å². The lowest BCUT2D eigenvalue weighted by molar-refractivity contribution is -0.139. The van der Waals surface area contributed by atoms with Gasteiger partial charge in [-0.15, -0.1) is 0 Å². The minimum atomic E-state index is -0.0446. The van der Waals surface area contributed by atoms with E-state index in [-0.39, 0.29) is 18.4 Å². The minimum absolute atomic E-state index is 0.0446. The summed E-state index contributed by atoms with van der Waals surface area (Å²) in [5.74, 6) is 0.827. The monoisotopic (exact) mass is 239 g/mol. The Bertz CT molecular complexity index is 298. The van der Waals surface area contributed by atoms with Crippen LogP contribution in [-0.2, 0) is 9.59 Å². The van der Waals surface area contributed by atoms with Crippen LogP contribution in [0.2, 0.25) is 0 Å². The average Bonchev–Trinajstić information content (AvgIpc) is 2.32. The van der Waals surface area contributed by atoms with Crippen molar-refractivity contribution in [3.63, 3.8) is 0 Å². The molecule has 5 nitrogen and oxygen atoms in total. The lowest BCUT2D eigenvalue weighted by Gasteiger charge is -2.33. The van der Waals surface area contributed by atoms with Gasteiger partial charge >= 0.3 is 0 Å². The van der Waals surface area contributed by atoms with Crippen molar-refractivity contribution in [2.75, 3.05) is 39.3 Å². The molecule has 0 atom stereocenters. The topological polar surface area (TPSA) is 52.7 Å². The molecule has 2 heterocycles. The van der Waals surface area contributed by atoms with E-state index in [1.54, 1.807) is 4.90 Å². The van der Waals surface area contributed by atoms with Crippen LogP contribution >= 0.6 is 0 Å². The molecule has 0 saturated carbocycles. The standard InChI is InChI=1S/C12H21N3O2/c1-10-2-5-14(6-3-10)9-12(17)15-7-4-13-11(16)8-15/h10H,2-9H2,1H3,(H,13,16). The van der Waals surface area contributed by atoms with Gasteiger partial charge in [0, 0.05) is 13.1 Å². The molecule has 0 aromatic heterocycles. The number of carbonyl (C=O) groups is 2. The normalized spacial score (nSPS) is 23.6. The van der Waals surface area contributed by atoms with Crippen LogP contribution in [-0.4, -0.2) is 60.9 Å². The molecular weight excluding hydrogens is 218 g/mol. The van der Waals surface area contributed by atoms with Crippen molar-refractivity contribution >= 4 is 11.8 Å². The molecule has 96 valence electrons. The van der Waals surface area contributed by atoms with Crippen LogP contribution in [0, 0.1) is 5.92 Å². The number of nitrogens with zero attached hydrogens (tertiary/aromatic N) is 2. The van der Waals surface area contributed by atoms with Gasteiger partial charge in [-0.2, -0.15) is 0 Å². The van der Waals surface area contributed by atoms with E-state index in [9.17, 15) is 9.59 Å². The van der Waals surface area contributed by atoms with E-state index in [1.165, 1.54) is 12.8 Å². The van der Waals surface area contributed by atoms with Crippen LogP contribution in [0.25, 0.3) is 0 Å². The molecule has 17 heavy (non-hydrogen) atoms. The zero-order valence-electron chi connectivity index (χ0n) is 10.4. The zero-order chi connectivity index (χ0) is 12.3. The van der Waals surface area contributed by atoms with Crippen LogP contribution in [0.15, 0.2) is 0 Å². The van der Waals surface area contributed by atoms with Gasteiger partial charge in [-0.1, -0.05) is 6.92 Å². The highest BCUT2D eigenvalue weighted by molar-refractivity contribution is 5.86. The molecular formula is C12H21N3O2. The second kappa shape index (κ2) is 5.49. The predicted molar refractivity (Wildman–Crippen MR) is 64.4 cm³/mol. The number of nitrogens with one attached hydrogen (secondary N) is 1. The highest BCUT2D eigenvalue weighted by atomic mass is 16.2. The number of rotatable bonds is 2. The molecule has 0 aromatic carbocycles. The molecule has 0 aliphatic carbocycles. The molecule has 0 unspecified atom stereocenters. The van der Waals surface area contributed by atoms with Gasteiger partial charge in [-0.05, 0) is 31.8 Å². The summed E-state index contributed by atoms with van der Waals surface area (Å²) in [4.78, 5) is 27.1. The minimum Gasteiger partial charge on any atom is -0.353 e. The van der Waals surface area contributed by atoms with Gasteiger partial charge in [0.25, 0.3) is 0 Å². The Kier molecular flexibility index (Phi) is 3.99. The molecule has 0 radical (unpaired) electrons. The summed E-state index contributed by atoms with van der Waals surface area (Å²) in [6, 6.07) is 0. The first-order valence-corrected chi connectivity index (χ1v) is 6.42. The first-order chi connectivity index (χ1) is 8.15. The summed E-state index contributed by atoms with van der Waals surface area (Å²) in [7, 11) is 0. The van der Waals surface area contributed by atoms with Crippen molar-refractivity contribution in [3.05, 3.63) is 0 Å². The third kappa shape index (κ3) is 3.43. The number of likely N-dealkylation sites (tertiary alicyclic amines) is 1. The third-order valence-corrected chi connectivity index (χ3v) is 3.63. The summed E-state index contributed by atoms with van der Waals surface area (Å²) in [5, 5.41) is 2.73. The quantitative estimate of drug-likeness (QED) is 0.718. The number of carbonyl (C=O) groups excluding carboxylic acids is 2. The van der Waals surface area contributed by atoms with Crippen molar-refractivity contribution in [3.8, 4) is 0 Å². The molecule has 2 aliphatic heterocycles. The second-order valence-corrected chi connectivity index (χ2v) is 5.12. The summed E-state index contributed by atoms with van der Waals surface area (Å²) in [6.07, 6.45) is 2.35. The average molecular weight is 239 g/mol. The van der Waals surface area contributed by atoms with E-state index in [1.807, 2.05) is 0 Å². The van der Waals surface area contributed by atoms with Crippen molar-refractivity contribution in [2.24, 2.45) is 5.92 Å². The SMILES string of the molecule is CC1CCN(CC(=O)N2CCNC(=O)C2)CC1. The van der Waals surface area contributed by atoms with Gasteiger partial charge in [0.1, 0.15) is 0 Å². The number of piperazine rings is 1. The Labute approximate surface area is 102 Å². The van der Waals surface area contributed by atoms with Crippen molar-refractivity contribution in [1.82, 2.24) is 15.1 Å². The van der Waals surface area contributed by atoms with Gasteiger partial charge in [0.15, 0.2) is 0 Å². The molecule has 2 amide bonds. The lowest BCUT2D eigenvalue weighted by atomic mass is 9.99. The van der Waals surface area contributed by atoms with Gasteiger partial charge in [0.05, 0.1) is 13.1 Å². The van der Waals surface area contributed by atoms with Crippen LogP contribution < -0.4 is 5.32 Å². The van der Waals surface area contributed by atoms with E-state index >= 15 is 0 Å². The molecule has 2 fully saturated rings.